The van der Waals surface area contributed by atoms with Gasteiger partial charge >= 0.3 is 0 Å². The van der Waals surface area contributed by atoms with E-state index in [4.69, 9.17) is 10.2 Å². The van der Waals surface area contributed by atoms with Crippen molar-refractivity contribution in [3.05, 3.63) is 29.6 Å². The Balaban J connectivity index is 2.57. The highest BCUT2D eigenvalue weighted by Gasteiger charge is 2.15. The van der Waals surface area contributed by atoms with Crippen LogP contribution in [0.4, 0.5) is 0 Å². The Morgan fingerprint density at radius 2 is 2.17 bits per heavy atom. The molecule has 3 heteroatoms. The van der Waals surface area contributed by atoms with Gasteiger partial charge in [0.25, 0.3) is 0 Å². The Morgan fingerprint density at radius 3 is 2.78 bits per heavy atom. The molecule has 1 unspecified atom stereocenters. The van der Waals surface area contributed by atoms with E-state index in [0.717, 1.165) is 36.2 Å². The summed E-state index contributed by atoms with van der Waals surface area (Å²) in [5.41, 5.74) is 2.75. The number of nitriles is 1. The first-order chi connectivity index (χ1) is 8.71. The fraction of sp³-hybridized carbons (Fsp3) is 0.467. The van der Waals surface area contributed by atoms with Gasteiger partial charge in [-0.15, -0.1) is 0 Å². The molecule has 1 aromatic heterocycles. The van der Waals surface area contributed by atoms with Crippen LogP contribution in [0.1, 0.15) is 50.9 Å². The highest BCUT2D eigenvalue weighted by molar-refractivity contribution is 5.77. The van der Waals surface area contributed by atoms with E-state index in [1.165, 1.54) is 0 Å². The molecule has 0 fully saturated rings. The first-order valence-corrected chi connectivity index (χ1v) is 6.61. The maximum Gasteiger partial charge on any atom is 0.112 e. The van der Waals surface area contributed by atoms with Crippen molar-refractivity contribution in [1.82, 2.24) is 9.55 Å². The second-order valence-electron chi connectivity index (χ2n) is 4.72. The first kappa shape index (κ1) is 12.6. The van der Waals surface area contributed by atoms with Crippen molar-refractivity contribution in [1.29, 1.82) is 5.26 Å². The predicted octanol–water partition coefficient (Wildman–Crippen LogP) is 3.83. The van der Waals surface area contributed by atoms with Crippen LogP contribution in [0.15, 0.2) is 18.2 Å². The number of aryl methyl sites for hydroxylation is 1. The Morgan fingerprint density at radius 1 is 1.39 bits per heavy atom. The van der Waals surface area contributed by atoms with Crippen LogP contribution in [0, 0.1) is 11.3 Å². The van der Waals surface area contributed by atoms with Crippen LogP contribution in [-0.2, 0) is 6.54 Å². The highest BCUT2D eigenvalue weighted by Crippen LogP contribution is 2.25. The number of fused-ring (bicyclic) bond motifs is 1. The van der Waals surface area contributed by atoms with Gasteiger partial charge in [0.05, 0.1) is 22.7 Å². The number of hydrogen-bond donors (Lipinski definition) is 0. The summed E-state index contributed by atoms with van der Waals surface area (Å²) in [7, 11) is 0. The van der Waals surface area contributed by atoms with E-state index in [2.05, 4.69) is 31.4 Å². The summed E-state index contributed by atoms with van der Waals surface area (Å²) >= 11 is 0. The molecule has 0 amide bonds. The number of benzene rings is 1. The average Bonchev–Trinajstić information content (AvgIpc) is 2.76. The molecule has 0 saturated carbocycles. The smallest absolute Gasteiger partial charge is 0.112 e. The molecule has 2 aromatic rings. The molecule has 0 radical (unpaired) electrons. The van der Waals surface area contributed by atoms with Gasteiger partial charge in [0, 0.05) is 12.5 Å². The van der Waals surface area contributed by atoms with Gasteiger partial charge in [-0.05, 0) is 31.5 Å². The Hall–Kier alpha value is -1.82. The van der Waals surface area contributed by atoms with Gasteiger partial charge in [0.15, 0.2) is 0 Å². The molecule has 2 rings (SSSR count). The quantitative estimate of drug-likeness (QED) is 0.816. The Labute approximate surface area is 108 Å². The molecule has 0 spiro atoms. The third-order valence-electron chi connectivity index (χ3n) is 3.39. The molecule has 1 aromatic carbocycles. The first-order valence-electron chi connectivity index (χ1n) is 6.61. The minimum Gasteiger partial charge on any atom is -0.328 e. The molecule has 0 aliphatic heterocycles. The number of rotatable bonds is 4. The molecule has 0 bridgehead atoms. The minimum atomic E-state index is 0.466. The second-order valence-corrected chi connectivity index (χ2v) is 4.72. The Kier molecular flexibility index (Phi) is 3.66. The normalized spacial score (nSPS) is 12.6. The van der Waals surface area contributed by atoms with Crippen molar-refractivity contribution in [3.63, 3.8) is 0 Å². The zero-order valence-electron chi connectivity index (χ0n) is 11.3. The van der Waals surface area contributed by atoms with Crippen molar-refractivity contribution in [2.75, 3.05) is 0 Å². The lowest BCUT2D eigenvalue weighted by atomic mass is 10.1. The highest BCUT2D eigenvalue weighted by atomic mass is 15.1. The number of aromatic nitrogens is 2. The van der Waals surface area contributed by atoms with Crippen LogP contribution >= 0.6 is 0 Å². The molecule has 18 heavy (non-hydrogen) atoms. The fourth-order valence-corrected chi connectivity index (χ4v) is 2.49. The topological polar surface area (TPSA) is 41.6 Å². The van der Waals surface area contributed by atoms with E-state index in [1.807, 2.05) is 18.2 Å². The van der Waals surface area contributed by atoms with Crippen molar-refractivity contribution in [3.8, 4) is 6.07 Å². The average molecular weight is 241 g/mol. The van der Waals surface area contributed by atoms with Gasteiger partial charge in [-0.1, -0.05) is 20.3 Å². The summed E-state index contributed by atoms with van der Waals surface area (Å²) in [5, 5.41) is 8.94. The van der Waals surface area contributed by atoms with Gasteiger partial charge in [0.2, 0.25) is 0 Å². The molecular weight excluding hydrogens is 222 g/mol. The van der Waals surface area contributed by atoms with Crippen molar-refractivity contribution < 1.29 is 0 Å². The maximum atomic E-state index is 8.94. The van der Waals surface area contributed by atoms with Crippen LogP contribution in [0.3, 0.4) is 0 Å². The summed E-state index contributed by atoms with van der Waals surface area (Å²) < 4.78 is 2.26. The van der Waals surface area contributed by atoms with Gasteiger partial charge < -0.3 is 4.57 Å². The number of nitrogens with zero attached hydrogens (tertiary/aromatic N) is 3. The molecule has 1 heterocycles. The SMILES string of the molecule is CCCC(C)c1nc2cc(C#N)ccc2n1CC. The molecule has 0 aliphatic carbocycles. The van der Waals surface area contributed by atoms with Gasteiger partial charge in [0.1, 0.15) is 5.82 Å². The molecule has 1 atom stereocenters. The van der Waals surface area contributed by atoms with E-state index in [-0.39, 0.29) is 0 Å². The zero-order valence-corrected chi connectivity index (χ0v) is 11.3. The standard InChI is InChI=1S/C15H19N3/c1-4-6-11(3)15-17-13-9-12(10-16)7-8-14(13)18(15)5-2/h7-9,11H,4-6H2,1-3H3. The molecular formula is C15H19N3. The lowest BCUT2D eigenvalue weighted by molar-refractivity contribution is 0.586. The zero-order chi connectivity index (χ0) is 13.1. The summed E-state index contributed by atoms with van der Waals surface area (Å²) in [6.45, 7) is 7.48. The second kappa shape index (κ2) is 5.22. The fourth-order valence-electron chi connectivity index (χ4n) is 2.49. The van der Waals surface area contributed by atoms with E-state index in [1.54, 1.807) is 0 Å². The van der Waals surface area contributed by atoms with E-state index >= 15 is 0 Å². The predicted molar refractivity (Wildman–Crippen MR) is 73.4 cm³/mol. The summed E-state index contributed by atoms with van der Waals surface area (Å²) in [5.74, 6) is 1.61. The van der Waals surface area contributed by atoms with Crippen LogP contribution < -0.4 is 0 Å². The summed E-state index contributed by atoms with van der Waals surface area (Å²) in [6, 6.07) is 7.92. The maximum absolute atomic E-state index is 8.94. The summed E-state index contributed by atoms with van der Waals surface area (Å²) in [4.78, 5) is 4.72. The largest absolute Gasteiger partial charge is 0.328 e. The van der Waals surface area contributed by atoms with E-state index in [9.17, 15) is 0 Å². The van der Waals surface area contributed by atoms with Crippen molar-refractivity contribution in [2.45, 2.75) is 46.1 Å². The lowest BCUT2D eigenvalue weighted by Crippen LogP contribution is -2.05. The van der Waals surface area contributed by atoms with Crippen molar-refractivity contribution in [2.24, 2.45) is 0 Å². The van der Waals surface area contributed by atoms with E-state index < -0.39 is 0 Å². The number of imidazole rings is 1. The number of hydrogen-bond acceptors (Lipinski definition) is 2. The van der Waals surface area contributed by atoms with Gasteiger partial charge in [-0.3, -0.25) is 0 Å². The minimum absolute atomic E-state index is 0.466. The molecule has 0 N–H and O–H groups in total. The van der Waals surface area contributed by atoms with Gasteiger partial charge in [-0.2, -0.15) is 5.26 Å². The molecule has 0 saturated heterocycles. The molecule has 3 nitrogen and oxygen atoms in total. The van der Waals surface area contributed by atoms with Crippen LogP contribution in [-0.4, -0.2) is 9.55 Å². The van der Waals surface area contributed by atoms with Crippen LogP contribution in [0.2, 0.25) is 0 Å². The van der Waals surface area contributed by atoms with Crippen LogP contribution in [0.25, 0.3) is 11.0 Å². The molecule has 94 valence electrons. The molecule has 0 aliphatic rings. The van der Waals surface area contributed by atoms with Crippen LogP contribution in [0.5, 0.6) is 0 Å². The third kappa shape index (κ3) is 2.11. The van der Waals surface area contributed by atoms with Gasteiger partial charge in [-0.25, -0.2) is 4.98 Å². The Bertz CT molecular complexity index is 590. The lowest BCUT2D eigenvalue weighted by Gasteiger charge is -2.12. The van der Waals surface area contributed by atoms with E-state index in [0.29, 0.717) is 11.5 Å². The summed E-state index contributed by atoms with van der Waals surface area (Å²) in [6.07, 6.45) is 2.31. The van der Waals surface area contributed by atoms with Crippen molar-refractivity contribution >= 4 is 11.0 Å². The monoisotopic (exact) mass is 241 g/mol. The third-order valence-corrected chi connectivity index (χ3v) is 3.39.